The van der Waals surface area contributed by atoms with Gasteiger partial charge in [0, 0.05) is 12.2 Å². The van der Waals surface area contributed by atoms with E-state index < -0.39 is 5.60 Å². The first-order valence-corrected chi connectivity index (χ1v) is 5.63. The Morgan fingerprint density at radius 2 is 2.20 bits per heavy atom. The summed E-state index contributed by atoms with van der Waals surface area (Å²) in [5.41, 5.74) is 0.712. The van der Waals surface area contributed by atoms with Crippen LogP contribution in [-0.4, -0.2) is 23.1 Å². The van der Waals surface area contributed by atoms with Crippen LogP contribution in [-0.2, 0) is 4.74 Å². The van der Waals surface area contributed by atoms with Crippen LogP contribution in [0.3, 0.4) is 0 Å². The number of amides is 1. The van der Waals surface area contributed by atoms with E-state index in [1.807, 2.05) is 20.8 Å². The van der Waals surface area contributed by atoms with E-state index in [0.29, 0.717) is 0 Å². The predicted molar refractivity (Wildman–Crippen MR) is 60.5 cm³/mol. The molecule has 0 spiro atoms. The highest BCUT2D eigenvalue weighted by molar-refractivity contribution is 5.71. The Morgan fingerprint density at radius 3 is 2.73 bits per heavy atom. The van der Waals surface area contributed by atoms with Gasteiger partial charge in [0.2, 0.25) is 0 Å². The quantitative estimate of drug-likeness (QED) is 0.666. The van der Waals surface area contributed by atoms with Gasteiger partial charge in [0.05, 0.1) is 0 Å². The van der Waals surface area contributed by atoms with Crippen LogP contribution >= 0.6 is 0 Å². The molecule has 0 saturated carbocycles. The fraction of sp³-hybridized carbons (Fsp3) is 0.750. The number of allylic oxidation sites excluding steroid dienone is 2. The van der Waals surface area contributed by atoms with Crippen LogP contribution in [0.2, 0.25) is 0 Å². The average Bonchev–Trinajstić information content (AvgIpc) is 2.49. The maximum absolute atomic E-state index is 11.8. The van der Waals surface area contributed by atoms with Crippen LogP contribution in [0.15, 0.2) is 11.8 Å². The van der Waals surface area contributed by atoms with Gasteiger partial charge in [-0.3, -0.25) is 4.90 Å². The first-order chi connectivity index (χ1) is 6.94. The zero-order valence-corrected chi connectivity index (χ0v) is 10.2. The van der Waals surface area contributed by atoms with Crippen LogP contribution in [0.25, 0.3) is 0 Å². The van der Waals surface area contributed by atoms with E-state index in [-0.39, 0.29) is 6.09 Å². The van der Waals surface area contributed by atoms with Gasteiger partial charge in [-0.25, -0.2) is 4.79 Å². The molecule has 0 unspecified atom stereocenters. The molecular formula is C12H21NO2. The van der Waals surface area contributed by atoms with Gasteiger partial charge in [-0.1, -0.05) is 13.0 Å². The maximum Gasteiger partial charge on any atom is 0.414 e. The summed E-state index contributed by atoms with van der Waals surface area (Å²) < 4.78 is 5.34. The first-order valence-electron chi connectivity index (χ1n) is 5.63. The second kappa shape index (κ2) is 4.69. The largest absolute Gasteiger partial charge is 0.443 e. The summed E-state index contributed by atoms with van der Waals surface area (Å²) in [4.78, 5) is 13.6. The van der Waals surface area contributed by atoms with Crippen molar-refractivity contribution in [2.24, 2.45) is 0 Å². The Kier molecular flexibility index (Phi) is 3.77. The molecule has 0 atom stereocenters. The van der Waals surface area contributed by atoms with Gasteiger partial charge in [0.15, 0.2) is 0 Å². The molecule has 0 radical (unpaired) electrons. The summed E-state index contributed by atoms with van der Waals surface area (Å²) in [5.74, 6) is 0. The molecule has 0 aromatic heterocycles. The normalized spacial score (nSPS) is 19.7. The van der Waals surface area contributed by atoms with Crippen molar-refractivity contribution in [3.8, 4) is 0 Å². The third-order valence-electron chi connectivity index (χ3n) is 2.21. The molecule has 0 N–H and O–H groups in total. The zero-order chi connectivity index (χ0) is 11.5. The van der Waals surface area contributed by atoms with Gasteiger partial charge in [0.25, 0.3) is 0 Å². The fourth-order valence-electron chi connectivity index (χ4n) is 1.67. The Hall–Kier alpha value is -0.990. The summed E-state index contributed by atoms with van der Waals surface area (Å²) in [6, 6.07) is 0. The van der Waals surface area contributed by atoms with Crippen LogP contribution in [0, 0.1) is 0 Å². The lowest BCUT2D eigenvalue weighted by atomic mass is 10.2. The number of nitrogens with zero attached hydrogens (tertiary/aromatic N) is 1. The molecule has 1 heterocycles. The molecule has 3 heteroatoms. The summed E-state index contributed by atoms with van der Waals surface area (Å²) in [7, 11) is 0. The lowest BCUT2D eigenvalue weighted by Gasteiger charge is -2.25. The third-order valence-corrected chi connectivity index (χ3v) is 2.21. The van der Waals surface area contributed by atoms with Crippen molar-refractivity contribution in [3.05, 3.63) is 11.8 Å². The van der Waals surface area contributed by atoms with E-state index in [1.165, 1.54) is 0 Å². The molecule has 15 heavy (non-hydrogen) atoms. The van der Waals surface area contributed by atoms with E-state index in [2.05, 4.69) is 13.0 Å². The van der Waals surface area contributed by atoms with Crippen LogP contribution in [0.1, 0.15) is 47.0 Å². The Bertz CT molecular complexity index is 263. The zero-order valence-electron chi connectivity index (χ0n) is 10.2. The second-order valence-electron chi connectivity index (χ2n) is 4.84. The predicted octanol–water partition coefficient (Wildman–Crippen LogP) is 3.31. The van der Waals surface area contributed by atoms with Crippen LogP contribution in [0.4, 0.5) is 4.79 Å². The number of carbonyl (C=O) groups excluding carboxylic acids is 1. The lowest BCUT2D eigenvalue weighted by Crippen LogP contribution is -2.34. The Morgan fingerprint density at radius 1 is 1.53 bits per heavy atom. The number of carbonyl (C=O) groups is 1. The van der Waals surface area contributed by atoms with Gasteiger partial charge >= 0.3 is 6.09 Å². The van der Waals surface area contributed by atoms with E-state index in [0.717, 1.165) is 31.5 Å². The van der Waals surface area contributed by atoms with Gasteiger partial charge in [-0.15, -0.1) is 0 Å². The van der Waals surface area contributed by atoms with E-state index in [1.54, 1.807) is 4.90 Å². The second-order valence-corrected chi connectivity index (χ2v) is 4.84. The molecule has 0 aliphatic carbocycles. The molecule has 86 valence electrons. The van der Waals surface area contributed by atoms with Crippen LogP contribution in [0.5, 0.6) is 0 Å². The molecule has 0 aromatic rings. The molecule has 1 saturated heterocycles. The van der Waals surface area contributed by atoms with Crippen LogP contribution < -0.4 is 0 Å². The number of ether oxygens (including phenoxy) is 1. The summed E-state index contributed by atoms with van der Waals surface area (Å²) in [5, 5.41) is 0. The topological polar surface area (TPSA) is 29.5 Å². The first kappa shape index (κ1) is 12.1. The maximum atomic E-state index is 11.8. The van der Waals surface area contributed by atoms with E-state index in [9.17, 15) is 4.79 Å². The van der Waals surface area contributed by atoms with Crippen molar-refractivity contribution in [2.45, 2.75) is 52.6 Å². The van der Waals surface area contributed by atoms with E-state index >= 15 is 0 Å². The molecule has 1 amide bonds. The number of rotatable bonds is 1. The fourth-order valence-corrected chi connectivity index (χ4v) is 1.67. The number of hydrogen-bond acceptors (Lipinski definition) is 2. The molecule has 1 aliphatic heterocycles. The lowest BCUT2D eigenvalue weighted by molar-refractivity contribution is 0.0338. The highest BCUT2D eigenvalue weighted by Crippen LogP contribution is 2.23. The summed E-state index contributed by atoms with van der Waals surface area (Å²) in [6.07, 6.45) is 4.91. The van der Waals surface area contributed by atoms with Gasteiger partial charge in [-0.2, -0.15) is 0 Å². The van der Waals surface area contributed by atoms with Crippen molar-refractivity contribution in [1.29, 1.82) is 0 Å². The minimum Gasteiger partial charge on any atom is -0.443 e. The monoisotopic (exact) mass is 211 g/mol. The minimum absolute atomic E-state index is 0.209. The highest BCUT2D eigenvalue weighted by atomic mass is 16.6. The van der Waals surface area contributed by atoms with Crippen molar-refractivity contribution in [2.75, 3.05) is 6.54 Å². The average molecular weight is 211 g/mol. The molecule has 3 nitrogen and oxygen atoms in total. The summed E-state index contributed by atoms with van der Waals surface area (Å²) in [6.45, 7) is 8.55. The van der Waals surface area contributed by atoms with Gasteiger partial charge in [0.1, 0.15) is 5.60 Å². The highest BCUT2D eigenvalue weighted by Gasteiger charge is 2.27. The molecule has 0 aromatic carbocycles. The SMILES string of the molecule is CC/C=C1\CCCN1C(=O)OC(C)(C)C. The molecule has 1 rings (SSSR count). The minimum atomic E-state index is -0.406. The van der Waals surface area contributed by atoms with E-state index in [4.69, 9.17) is 4.74 Å². The van der Waals surface area contributed by atoms with Crippen molar-refractivity contribution in [1.82, 2.24) is 4.90 Å². The van der Waals surface area contributed by atoms with Gasteiger partial charge in [-0.05, 0) is 40.0 Å². The van der Waals surface area contributed by atoms with Crippen molar-refractivity contribution in [3.63, 3.8) is 0 Å². The van der Waals surface area contributed by atoms with Crippen molar-refractivity contribution >= 4 is 6.09 Å². The number of likely N-dealkylation sites (tertiary alicyclic amines) is 1. The third kappa shape index (κ3) is 3.57. The Labute approximate surface area is 92.1 Å². The standard InChI is InChI=1S/C12H21NO2/c1-5-7-10-8-6-9-13(10)11(14)15-12(2,3)4/h7H,5-6,8-9H2,1-4H3/b10-7+. The smallest absolute Gasteiger partial charge is 0.414 e. The molecular weight excluding hydrogens is 190 g/mol. The van der Waals surface area contributed by atoms with Crippen molar-refractivity contribution < 1.29 is 9.53 Å². The summed E-state index contributed by atoms with van der Waals surface area (Å²) >= 11 is 0. The molecule has 1 fully saturated rings. The van der Waals surface area contributed by atoms with Gasteiger partial charge < -0.3 is 4.74 Å². The number of hydrogen-bond donors (Lipinski definition) is 0. The Balaban J connectivity index is 2.63. The molecule has 1 aliphatic rings. The molecule has 0 bridgehead atoms.